The molecule has 0 bridgehead atoms. The number of hydrogen-bond acceptors (Lipinski definition) is 6. The normalized spacial score (nSPS) is 15.6. The summed E-state index contributed by atoms with van der Waals surface area (Å²) in [5.41, 5.74) is 3.05. The summed E-state index contributed by atoms with van der Waals surface area (Å²) in [6, 6.07) is 6.19. The summed E-state index contributed by atoms with van der Waals surface area (Å²) in [4.78, 5) is 11.5. The first-order chi connectivity index (χ1) is 13.6. The number of benzene rings is 1. The minimum absolute atomic E-state index is 0.292. The molecule has 1 aromatic carbocycles. The van der Waals surface area contributed by atoms with Gasteiger partial charge in [0.15, 0.2) is 0 Å². The molecule has 4 aromatic rings. The molecular formula is C20H23N7O. The molecule has 5 rings (SSSR count). The molecule has 144 valence electrons. The molecule has 0 amide bonds. The van der Waals surface area contributed by atoms with Crippen LogP contribution in [-0.4, -0.2) is 42.6 Å². The van der Waals surface area contributed by atoms with Gasteiger partial charge in [-0.25, -0.2) is 4.98 Å². The third-order valence-corrected chi connectivity index (χ3v) is 5.66. The van der Waals surface area contributed by atoms with Crippen LogP contribution in [0.4, 0.5) is 5.95 Å². The Morgan fingerprint density at radius 3 is 2.71 bits per heavy atom. The van der Waals surface area contributed by atoms with Gasteiger partial charge in [-0.2, -0.15) is 10.1 Å². The van der Waals surface area contributed by atoms with Crippen molar-refractivity contribution in [1.29, 1.82) is 0 Å². The van der Waals surface area contributed by atoms with Crippen molar-refractivity contribution < 1.29 is 4.52 Å². The smallest absolute Gasteiger partial charge is 0.230 e. The average Bonchev–Trinajstić information content (AvgIpc) is 3.42. The van der Waals surface area contributed by atoms with Crippen LogP contribution in [0.1, 0.15) is 30.3 Å². The number of aromatic nitrogens is 6. The van der Waals surface area contributed by atoms with E-state index in [1.807, 2.05) is 44.2 Å². The molecule has 0 radical (unpaired) electrons. The van der Waals surface area contributed by atoms with Crippen LogP contribution in [0.25, 0.3) is 22.3 Å². The van der Waals surface area contributed by atoms with Crippen LogP contribution in [0, 0.1) is 6.92 Å². The van der Waals surface area contributed by atoms with E-state index in [2.05, 4.69) is 36.8 Å². The predicted octanol–water partition coefficient (Wildman–Crippen LogP) is 3.05. The Balaban J connectivity index is 1.34. The van der Waals surface area contributed by atoms with Gasteiger partial charge >= 0.3 is 0 Å². The molecule has 0 saturated carbocycles. The number of aryl methyl sites for hydroxylation is 3. The standard InChI is InChI=1S/C20H23N7O/c1-13-16-5-4-15(12-17(16)26(3)23-13)18-22-19(28-24-18)14-6-9-27(10-7-14)20-21-8-11-25(20)2/h4-5,8,11-12,14H,6-7,9-10H2,1-3H3. The molecule has 0 spiro atoms. The van der Waals surface area contributed by atoms with E-state index in [1.54, 1.807) is 0 Å². The highest BCUT2D eigenvalue weighted by molar-refractivity contribution is 5.85. The lowest BCUT2D eigenvalue weighted by molar-refractivity contribution is 0.328. The van der Waals surface area contributed by atoms with Gasteiger partial charge in [0.05, 0.1) is 11.2 Å². The maximum atomic E-state index is 5.63. The fraction of sp³-hybridized carbons (Fsp3) is 0.400. The van der Waals surface area contributed by atoms with E-state index in [1.165, 1.54) is 0 Å². The van der Waals surface area contributed by atoms with Crippen molar-refractivity contribution in [3.05, 3.63) is 42.2 Å². The van der Waals surface area contributed by atoms with E-state index in [-0.39, 0.29) is 0 Å². The first kappa shape index (κ1) is 17.0. The molecule has 0 unspecified atom stereocenters. The largest absolute Gasteiger partial charge is 0.342 e. The van der Waals surface area contributed by atoms with Crippen molar-refractivity contribution >= 4 is 16.9 Å². The van der Waals surface area contributed by atoms with Crippen LogP contribution in [0.15, 0.2) is 35.1 Å². The van der Waals surface area contributed by atoms with Crippen molar-refractivity contribution in [2.75, 3.05) is 18.0 Å². The quantitative estimate of drug-likeness (QED) is 0.546. The lowest BCUT2D eigenvalue weighted by Crippen LogP contribution is -2.34. The van der Waals surface area contributed by atoms with Gasteiger partial charge in [-0.3, -0.25) is 4.68 Å². The number of rotatable bonds is 3. The van der Waals surface area contributed by atoms with Crippen LogP contribution in [0.5, 0.6) is 0 Å². The lowest BCUT2D eigenvalue weighted by Gasteiger charge is -2.31. The van der Waals surface area contributed by atoms with Crippen molar-refractivity contribution in [3.8, 4) is 11.4 Å². The number of imidazole rings is 1. The summed E-state index contributed by atoms with van der Waals surface area (Å²) in [6.07, 6.45) is 5.78. The highest BCUT2D eigenvalue weighted by Crippen LogP contribution is 2.31. The Kier molecular flexibility index (Phi) is 3.92. The molecule has 28 heavy (non-hydrogen) atoms. The van der Waals surface area contributed by atoms with Crippen LogP contribution in [-0.2, 0) is 14.1 Å². The Labute approximate surface area is 162 Å². The molecule has 1 aliphatic heterocycles. The second-order valence-electron chi connectivity index (χ2n) is 7.50. The van der Waals surface area contributed by atoms with Gasteiger partial charge in [0.1, 0.15) is 0 Å². The first-order valence-corrected chi connectivity index (χ1v) is 9.60. The van der Waals surface area contributed by atoms with Gasteiger partial charge in [0.2, 0.25) is 17.7 Å². The molecule has 1 aliphatic rings. The SMILES string of the molecule is Cc1nn(C)c2cc(-c3noc(C4CCN(c5nccn5C)CC4)n3)ccc12. The fourth-order valence-electron chi connectivity index (χ4n) is 4.08. The molecule has 0 N–H and O–H groups in total. The fourth-order valence-corrected chi connectivity index (χ4v) is 4.08. The summed E-state index contributed by atoms with van der Waals surface area (Å²) in [7, 11) is 3.98. The Morgan fingerprint density at radius 2 is 1.96 bits per heavy atom. The van der Waals surface area contributed by atoms with Crippen molar-refractivity contribution in [2.24, 2.45) is 14.1 Å². The van der Waals surface area contributed by atoms with Gasteiger partial charge in [0, 0.05) is 56.4 Å². The third-order valence-electron chi connectivity index (χ3n) is 5.66. The number of nitrogens with zero attached hydrogens (tertiary/aromatic N) is 7. The van der Waals surface area contributed by atoms with Crippen molar-refractivity contribution in [1.82, 2.24) is 29.5 Å². The van der Waals surface area contributed by atoms with E-state index >= 15 is 0 Å². The minimum Gasteiger partial charge on any atom is -0.342 e. The van der Waals surface area contributed by atoms with E-state index in [4.69, 9.17) is 9.51 Å². The highest BCUT2D eigenvalue weighted by atomic mass is 16.5. The molecule has 3 aromatic heterocycles. The molecule has 8 heteroatoms. The zero-order valence-corrected chi connectivity index (χ0v) is 16.3. The van der Waals surface area contributed by atoms with Crippen LogP contribution >= 0.6 is 0 Å². The average molecular weight is 377 g/mol. The number of anilines is 1. The van der Waals surface area contributed by atoms with Crippen LogP contribution < -0.4 is 4.90 Å². The zero-order chi connectivity index (χ0) is 19.3. The van der Waals surface area contributed by atoms with E-state index < -0.39 is 0 Å². The Hall–Kier alpha value is -3.16. The predicted molar refractivity (Wildman–Crippen MR) is 106 cm³/mol. The number of fused-ring (bicyclic) bond motifs is 1. The second-order valence-corrected chi connectivity index (χ2v) is 7.50. The number of piperidine rings is 1. The summed E-state index contributed by atoms with van der Waals surface area (Å²) >= 11 is 0. The second kappa shape index (κ2) is 6.47. The van der Waals surface area contributed by atoms with E-state index in [0.29, 0.717) is 11.7 Å². The highest BCUT2D eigenvalue weighted by Gasteiger charge is 2.27. The van der Waals surface area contributed by atoms with Crippen molar-refractivity contribution in [3.63, 3.8) is 0 Å². The molecule has 8 nitrogen and oxygen atoms in total. The van der Waals surface area contributed by atoms with Gasteiger partial charge in [-0.1, -0.05) is 17.3 Å². The molecule has 0 atom stereocenters. The van der Waals surface area contributed by atoms with Gasteiger partial charge in [-0.15, -0.1) is 0 Å². The molecule has 4 heterocycles. The summed E-state index contributed by atoms with van der Waals surface area (Å²) in [6.45, 7) is 3.90. The number of hydrogen-bond donors (Lipinski definition) is 0. The first-order valence-electron chi connectivity index (χ1n) is 9.60. The molecular weight excluding hydrogens is 354 g/mol. The summed E-state index contributed by atoms with van der Waals surface area (Å²) in [5.74, 6) is 2.68. The Morgan fingerprint density at radius 1 is 1.14 bits per heavy atom. The van der Waals surface area contributed by atoms with Crippen LogP contribution in [0.2, 0.25) is 0 Å². The third kappa shape index (κ3) is 2.76. The molecule has 1 saturated heterocycles. The Bertz CT molecular complexity index is 1130. The van der Waals surface area contributed by atoms with E-state index in [0.717, 1.165) is 59.9 Å². The topological polar surface area (TPSA) is 77.8 Å². The van der Waals surface area contributed by atoms with Crippen LogP contribution in [0.3, 0.4) is 0 Å². The van der Waals surface area contributed by atoms with Gasteiger partial charge < -0.3 is 14.0 Å². The van der Waals surface area contributed by atoms with Gasteiger partial charge in [0.25, 0.3) is 0 Å². The monoisotopic (exact) mass is 377 g/mol. The van der Waals surface area contributed by atoms with Gasteiger partial charge in [-0.05, 0) is 25.8 Å². The minimum atomic E-state index is 0.292. The maximum Gasteiger partial charge on any atom is 0.230 e. The molecule has 0 aliphatic carbocycles. The zero-order valence-electron chi connectivity index (χ0n) is 16.3. The summed E-state index contributed by atoms with van der Waals surface area (Å²) < 4.78 is 9.58. The van der Waals surface area contributed by atoms with Crippen molar-refractivity contribution in [2.45, 2.75) is 25.7 Å². The van der Waals surface area contributed by atoms with E-state index in [9.17, 15) is 0 Å². The molecule has 1 fully saturated rings. The maximum absolute atomic E-state index is 5.63. The lowest BCUT2D eigenvalue weighted by atomic mass is 9.97. The summed E-state index contributed by atoms with van der Waals surface area (Å²) in [5, 5.41) is 9.87.